The third-order valence-corrected chi connectivity index (χ3v) is 6.81. The largest absolute Gasteiger partial charge is 0.490 e. The number of likely N-dealkylation sites (tertiary alicyclic amines) is 1. The summed E-state index contributed by atoms with van der Waals surface area (Å²) in [6, 6.07) is 15.5. The maximum atomic E-state index is 13.3. The average Bonchev–Trinajstić information content (AvgIpc) is 3.34. The number of aliphatic carboxylic acids is 1. The second-order valence-corrected chi connectivity index (χ2v) is 9.99. The third kappa shape index (κ3) is 8.79. The van der Waals surface area contributed by atoms with E-state index in [1.54, 1.807) is 4.68 Å². The number of unbranched alkanes of at least 4 members (excludes halogenated alkanes) is 1. The first-order chi connectivity index (χ1) is 19.0. The molecule has 1 aliphatic heterocycles. The van der Waals surface area contributed by atoms with Gasteiger partial charge < -0.3 is 10.4 Å². The molecular weight excluding hydrogens is 549 g/mol. The first-order valence-corrected chi connectivity index (χ1v) is 13.4. The smallest absolute Gasteiger partial charge is 0.475 e. The van der Waals surface area contributed by atoms with Crippen LogP contribution in [0.25, 0.3) is 10.8 Å². The monoisotopic (exact) mass is 580 g/mol. The van der Waals surface area contributed by atoms with Gasteiger partial charge in [0.1, 0.15) is 0 Å². The van der Waals surface area contributed by atoms with Crippen LogP contribution in [0.1, 0.15) is 43.9 Å². The molecule has 40 heavy (non-hydrogen) atoms. The van der Waals surface area contributed by atoms with Crippen molar-refractivity contribution < 1.29 is 27.9 Å². The van der Waals surface area contributed by atoms with E-state index in [9.17, 15) is 22.8 Å². The summed E-state index contributed by atoms with van der Waals surface area (Å²) in [7, 11) is 0. The van der Waals surface area contributed by atoms with Crippen molar-refractivity contribution in [1.29, 1.82) is 0 Å². The number of nitrogens with one attached hydrogen (secondary N) is 1. The highest BCUT2D eigenvalue weighted by molar-refractivity contribution is 6.30. The van der Waals surface area contributed by atoms with Crippen molar-refractivity contribution in [3.8, 4) is 0 Å². The van der Waals surface area contributed by atoms with Gasteiger partial charge in [-0.1, -0.05) is 55.3 Å². The summed E-state index contributed by atoms with van der Waals surface area (Å²) in [5.41, 5.74) is 1.88. The molecule has 0 saturated carbocycles. The third-order valence-electron chi connectivity index (χ3n) is 6.55. The molecule has 0 unspecified atom stereocenters. The lowest BCUT2D eigenvalue weighted by Gasteiger charge is -2.24. The zero-order chi connectivity index (χ0) is 29.3. The minimum atomic E-state index is -5.08. The van der Waals surface area contributed by atoms with Gasteiger partial charge >= 0.3 is 12.1 Å². The summed E-state index contributed by atoms with van der Waals surface area (Å²) in [6.07, 6.45) is -0.446. The first kappa shape index (κ1) is 31.1. The van der Waals surface area contributed by atoms with Crippen molar-refractivity contribution in [2.75, 3.05) is 19.6 Å². The Kier molecular flexibility index (Phi) is 11.1. The maximum absolute atomic E-state index is 13.3. The summed E-state index contributed by atoms with van der Waals surface area (Å²) in [5.74, 6) is -2.70. The highest BCUT2D eigenvalue weighted by atomic mass is 35.5. The Hall–Kier alpha value is -3.44. The fourth-order valence-corrected chi connectivity index (χ4v) is 4.64. The molecule has 3 aromatic rings. The number of hydrogen-bond donors (Lipinski definition) is 2. The van der Waals surface area contributed by atoms with E-state index in [-0.39, 0.29) is 17.5 Å². The molecule has 0 aliphatic carbocycles. The molecule has 4 rings (SSSR count). The average molecular weight is 581 g/mol. The van der Waals surface area contributed by atoms with E-state index >= 15 is 0 Å². The standard InChI is InChI=1S/C26H31ClN4O2.C2HF3O2/c1-2-3-14-28-25(32)18-30-15-6-7-21(30)17-31-26(33)23-9-5-4-8-22(23)24(29-31)16-19-10-12-20(27)13-11-19;3-2(4,5)1(6)7/h4-5,8-13,21H,2-3,6-7,14-18H2,1H3,(H,28,32);(H,6,7)/t21-;/m1./s1. The molecule has 1 aromatic heterocycles. The number of carboxylic acids is 1. The summed E-state index contributed by atoms with van der Waals surface area (Å²) >= 11 is 6.04. The molecule has 2 heterocycles. The molecule has 0 radical (unpaired) electrons. The van der Waals surface area contributed by atoms with Crippen molar-refractivity contribution in [2.45, 2.75) is 57.8 Å². The van der Waals surface area contributed by atoms with Crippen LogP contribution in [0.3, 0.4) is 0 Å². The lowest BCUT2D eigenvalue weighted by Crippen LogP contribution is -2.43. The van der Waals surface area contributed by atoms with E-state index in [0.717, 1.165) is 48.9 Å². The van der Waals surface area contributed by atoms with Crippen LogP contribution in [0.15, 0.2) is 53.3 Å². The zero-order valence-electron chi connectivity index (χ0n) is 22.1. The van der Waals surface area contributed by atoms with Crippen LogP contribution in [0.2, 0.25) is 5.02 Å². The van der Waals surface area contributed by atoms with Crippen molar-refractivity contribution in [3.05, 3.63) is 75.2 Å². The molecule has 216 valence electrons. The normalized spacial score (nSPS) is 15.5. The number of hydrogen-bond acceptors (Lipinski definition) is 5. The summed E-state index contributed by atoms with van der Waals surface area (Å²) < 4.78 is 33.3. The molecule has 1 fully saturated rings. The predicted octanol–water partition coefficient (Wildman–Crippen LogP) is 4.65. The molecule has 1 saturated heterocycles. The van der Waals surface area contributed by atoms with Gasteiger partial charge in [-0.25, -0.2) is 9.48 Å². The summed E-state index contributed by atoms with van der Waals surface area (Å²) in [4.78, 5) is 36.7. The number of benzene rings is 2. The van der Waals surface area contributed by atoms with Crippen LogP contribution in [0.5, 0.6) is 0 Å². The SMILES string of the molecule is CCCCNC(=O)CN1CCC[C@@H]1Cn1nc(Cc2ccc(Cl)cc2)c2ccccc2c1=O.O=C(O)C(F)(F)F. The highest BCUT2D eigenvalue weighted by Crippen LogP contribution is 2.21. The number of carbonyl (C=O) groups excluding carboxylic acids is 1. The van der Waals surface area contributed by atoms with Crippen molar-refractivity contribution in [2.24, 2.45) is 0 Å². The molecule has 0 bridgehead atoms. The van der Waals surface area contributed by atoms with Crippen molar-refractivity contribution >= 4 is 34.2 Å². The lowest BCUT2D eigenvalue weighted by atomic mass is 10.0. The lowest BCUT2D eigenvalue weighted by molar-refractivity contribution is -0.192. The van der Waals surface area contributed by atoms with Gasteiger partial charge in [-0.3, -0.25) is 14.5 Å². The van der Waals surface area contributed by atoms with E-state index in [1.807, 2.05) is 48.5 Å². The molecule has 1 atom stereocenters. The molecule has 2 N–H and O–H groups in total. The van der Waals surface area contributed by atoms with Gasteiger partial charge in [-0.15, -0.1) is 0 Å². The Bertz CT molecular complexity index is 1360. The van der Waals surface area contributed by atoms with E-state index < -0.39 is 12.1 Å². The zero-order valence-corrected chi connectivity index (χ0v) is 22.8. The molecule has 1 aliphatic rings. The molecule has 2 aromatic carbocycles. The van der Waals surface area contributed by atoms with Crippen molar-refractivity contribution in [3.63, 3.8) is 0 Å². The minimum absolute atomic E-state index is 0.0533. The molecule has 0 spiro atoms. The Morgan fingerprint density at radius 1 is 1.12 bits per heavy atom. The maximum Gasteiger partial charge on any atom is 0.490 e. The summed E-state index contributed by atoms with van der Waals surface area (Å²) in [6.45, 7) is 4.55. The van der Waals surface area contributed by atoms with Gasteiger partial charge in [0.25, 0.3) is 5.56 Å². The number of alkyl halides is 3. The second-order valence-electron chi connectivity index (χ2n) is 9.56. The number of nitrogens with zero attached hydrogens (tertiary/aromatic N) is 3. The topological polar surface area (TPSA) is 105 Å². The minimum Gasteiger partial charge on any atom is -0.475 e. The first-order valence-electron chi connectivity index (χ1n) is 13.0. The van der Waals surface area contributed by atoms with Gasteiger partial charge in [-0.05, 0) is 49.6 Å². The number of carbonyl (C=O) groups is 2. The van der Waals surface area contributed by atoms with Gasteiger partial charge in [0.05, 0.1) is 24.2 Å². The highest BCUT2D eigenvalue weighted by Gasteiger charge is 2.38. The van der Waals surface area contributed by atoms with E-state index in [0.29, 0.717) is 36.5 Å². The Balaban J connectivity index is 0.000000559. The molecule has 1 amide bonds. The Labute approximate surface area is 234 Å². The van der Waals surface area contributed by atoms with Crippen LogP contribution in [-0.4, -0.2) is 63.5 Å². The van der Waals surface area contributed by atoms with Crippen LogP contribution in [0, 0.1) is 0 Å². The van der Waals surface area contributed by atoms with E-state index in [1.165, 1.54) is 0 Å². The van der Waals surface area contributed by atoms with Crippen LogP contribution in [0.4, 0.5) is 13.2 Å². The van der Waals surface area contributed by atoms with Crippen LogP contribution in [-0.2, 0) is 22.6 Å². The molecule has 12 heteroatoms. The predicted molar refractivity (Wildman–Crippen MR) is 146 cm³/mol. The number of amides is 1. The molecule has 8 nitrogen and oxygen atoms in total. The number of aromatic nitrogens is 2. The van der Waals surface area contributed by atoms with E-state index in [4.69, 9.17) is 26.6 Å². The Morgan fingerprint density at radius 3 is 2.40 bits per heavy atom. The number of halogens is 4. The van der Waals surface area contributed by atoms with Crippen LogP contribution >= 0.6 is 11.6 Å². The number of carboxylic acid groups (broad SMARTS) is 1. The fourth-order valence-electron chi connectivity index (χ4n) is 4.51. The Morgan fingerprint density at radius 2 is 1.77 bits per heavy atom. The number of rotatable bonds is 9. The fraction of sp³-hybridized carbons (Fsp3) is 0.429. The second kappa shape index (κ2) is 14.3. The number of fused-ring (bicyclic) bond motifs is 1. The van der Waals surface area contributed by atoms with Crippen molar-refractivity contribution in [1.82, 2.24) is 20.0 Å². The van der Waals surface area contributed by atoms with Gasteiger partial charge in [0.15, 0.2) is 0 Å². The quantitative estimate of drug-likeness (QED) is 0.357. The summed E-state index contributed by atoms with van der Waals surface area (Å²) in [5, 5.41) is 17.2. The van der Waals surface area contributed by atoms with E-state index in [2.05, 4.69) is 17.1 Å². The van der Waals surface area contributed by atoms with Gasteiger partial charge in [0, 0.05) is 29.4 Å². The molecular formula is C28H32ClF3N4O4. The van der Waals surface area contributed by atoms with Crippen LogP contribution < -0.4 is 10.9 Å². The van der Waals surface area contributed by atoms with Gasteiger partial charge in [-0.2, -0.15) is 18.3 Å². The van der Waals surface area contributed by atoms with Gasteiger partial charge in [0.2, 0.25) is 5.91 Å².